The number of hydrogen-bond acceptors (Lipinski definition) is 20. The molecule has 23 heteroatoms. The summed E-state index contributed by atoms with van der Waals surface area (Å²) >= 11 is 0. The van der Waals surface area contributed by atoms with E-state index in [-0.39, 0.29) is 138 Å². The second kappa shape index (κ2) is 53.5. The summed E-state index contributed by atoms with van der Waals surface area (Å²) in [6.45, 7) is 67.3. The third-order valence-corrected chi connectivity index (χ3v) is 23.9. The molecule has 0 aromatic heterocycles. The molecule has 0 aliphatic heterocycles. The summed E-state index contributed by atoms with van der Waals surface area (Å²) in [6.07, 6.45) is 26.0. The number of rotatable bonds is 11. The smallest absolute Gasteiger partial charge is 0.373 e. The number of phenols is 5. The van der Waals surface area contributed by atoms with E-state index in [1.54, 1.807) is 19.9 Å². The number of aliphatic hydroxyl groups is 4. The summed E-state index contributed by atoms with van der Waals surface area (Å²) in [5, 5.41) is 87.0. The van der Waals surface area contributed by atoms with Gasteiger partial charge >= 0.3 is 12.3 Å². The first kappa shape index (κ1) is 122. The molecular formula is C107H176CoN8O14+2. The van der Waals surface area contributed by atoms with Crippen LogP contribution in [0.25, 0.3) is 0 Å². The van der Waals surface area contributed by atoms with E-state index in [1.807, 2.05) is 51.7 Å². The largest absolute Gasteiger partial charge is 0.507 e. The van der Waals surface area contributed by atoms with Gasteiger partial charge in [0.05, 0.1) is 55.2 Å². The van der Waals surface area contributed by atoms with Crippen molar-refractivity contribution in [3.05, 3.63) is 144 Å². The predicted octanol–water partition coefficient (Wildman–Crippen LogP) is 18.6. The van der Waals surface area contributed by atoms with Gasteiger partial charge in [0.2, 0.25) is 0 Å². The Morgan fingerprint density at radius 3 is 0.623 bits per heavy atom. The number of hydrogen-bond donors (Lipinski definition) is 13. The first-order chi connectivity index (χ1) is 58.9. The van der Waals surface area contributed by atoms with Gasteiger partial charge in [-0.1, -0.05) is 277 Å². The average Bonchev–Trinajstić information content (AvgIpc) is 0.801. The average molecular weight is 1860 g/mol. The van der Waals surface area contributed by atoms with Gasteiger partial charge < -0.3 is 68.9 Å². The molecule has 5 aromatic rings. The molecule has 130 heavy (non-hydrogen) atoms. The van der Waals surface area contributed by atoms with Crippen molar-refractivity contribution in [1.82, 2.24) is 0 Å². The minimum atomic E-state index is -0.593. The Balaban J connectivity index is 0.00000169. The maximum Gasteiger partial charge on any atom is 0.373 e. The minimum absolute atomic E-state index is 0. The van der Waals surface area contributed by atoms with Gasteiger partial charge in [-0.15, -0.1) is 0 Å². The van der Waals surface area contributed by atoms with Gasteiger partial charge in [0.1, 0.15) is 40.8 Å². The SMILES string of the molecule is CC(C)(C)c1cc(C=N[C@@H]2CCCC[C@H]2N=Cc2cc(C(C)(C)C)cc(C(C)(C)C)c2O)c(O)c(C(C)(C)C)c1.CC(C)(C)c1cc(C=N[C@@H]2CCCC[C@H]2N=Cc2cc(C(C)(C)C)cc(C(C)(C)C)c2O)c(O)c(C(C)(C)C)c1.CC(C)(C)c1cc(C=O)c(O)c(C(C)(C)C)c1.C[C@H](O)[C@H](C)O.NC1CCCCC1N.O=C=O.O=C=O.OCCO.[Co].[NH3+][C@@H]1CCCC[C@H]1[NH3+]. The zero-order chi connectivity index (χ0) is 99.9. The number of nitrogens with zero attached hydrogens (tertiary/aromatic N) is 4. The summed E-state index contributed by atoms with van der Waals surface area (Å²) in [6, 6.07) is 22.7. The fourth-order valence-electron chi connectivity index (χ4n) is 14.8. The maximum atomic E-state index is 11.2. The van der Waals surface area contributed by atoms with Crippen LogP contribution in [0.3, 0.4) is 0 Å². The number of aliphatic imine (C=N–C) groups is 4. The number of aliphatic hydroxyl groups excluding tert-OH is 4. The third-order valence-electron chi connectivity index (χ3n) is 23.9. The second-order valence-corrected chi connectivity index (χ2v) is 45.9. The molecule has 4 aliphatic carbocycles. The molecule has 4 aliphatic rings. The van der Waals surface area contributed by atoms with Crippen LogP contribution >= 0.6 is 0 Å². The molecule has 19 N–H and O–H groups in total. The van der Waals surface area contributed by atoms with E-state index >= 15 is 0 Å². The predicted molar refractivity (Wildman–Crippen MR) is 529 cm³/mol. The van der Waals surface area contributed by atoms with E-state index in [4.69, 9.17) is 71.0 Å². The summed E-state index contributed by atoms with van der Waals surface area (Å²) in [5.74, 6) is 1.38. The van der Waals surface area contributed by atoms with E-state index in [9.17, 15) is 30.3 Å². The van der Waals surface area contributed by atoms with Gasteiger partial charge in [-0.2, -0.15) is 19.2 Å². The topological polar surface area (TPSA) is 424 Å². The van der Waals surface area contributed by atoms with Crippen LogP contribution in [-0.2, 0) is 90.1 Å². The molecule has 5 aromatic carbocycles. The normalized spacial score (nSPS) is 19.9. The van der Waals surface area contributed by atoms with E-state index in [0.29, 0.717) is 40.6 Å². The fraction of sp³-hybridized carbons (Fsp3) is 0.654. The number of nitrogens with two attached hydrogens (primary N) is 2. The molecule has 2 unspecified atom stereocenters. The summed E-state index contributed by atoms with van der Waals surface area (Å²) in [7, 11) is 0. The second-order valence-electron chi connectivity index (χ2n) is 45.9. The van der Waals surface area contributed by atoms with Crippen molar-refractivity contribution in [2.45, 2.75) is 439 Å². The van der Waals surface area contributed by atoms with Crippen LogP contribution in [0.5, 0.6) is 28.7 Å². The Kier molecular flexibility index (Phi) is 50.4. The maximum absolute atomic E-state index is 11.2. The molecule has 10 atom stereocenters. The molecule has 1 radical (unpaired) electrons. The Hall–Kier alpha value is -7.60. The zero-order valence-electron chi connectivity index (χ0n) is 85.9. The number of quaternary nitrogens is 2. The van der Waals surface area contributed by atoms with Gasteiger partial charge in [-0.25, -0.2) is 0 Å². The Morgan fingerprint density at radius 1 is 0.323 bits per heavy atom. The number of aldehydes is 1. The number of carbonyl (C=O) groups is 1. The quantitative estimate of drug-likeness (QED) is 0.0431. The van der Waals surface area contributed by atoms with Gasteiger partial charge in [-0.3, -0.25) is 24.8 Å². The molecular weight excluding hydrogens is 1680 g/mol. The van der Waals surface area contributed by atoms with Crippen molar-refractivity contribution >= 4 is 43.4 Å². The molecule has 0 heterocycles. The molecule has 0 bridgehead atoms. The van der Waals surface area contributed by atoms with Crippen LogP contribution in [0.1, 0.15) is 413 Å². The van der Waals surface area contributed by atoms with E-state index in [0.717, 1.165) is 126 Å². The summed E-state index contributed by atoms with van der Waals surface area (Å²) in [4.78, 5) is 63.6. The van der Waals surface area contributed by atoms with Crippen LogP contribution in [0.2, 0.25) is 0 Å². The van der Waals surface area contributed by atoms with Crippen molar-refractivity contribution < 1.29 is 98.2 Å². The van der Waals surface area contributed by atoms with Crippen LogP contribution in [0.4, 0.5) is 0 Å². The van der Waals surface area contributed by atoms with Crippen molar-refractivity contribution in [2.75, 3.05) is 13.2 Å². The minimum Gasteiger partial charge on any atom is -0.507 e. The number of benzene rings is 5. The number of phenolic OH excluding ortho intramolecular Hbond substituents is 5. The van der Waals surface area contributed by atoms with Crippen LogP contribution in [0, 0.1) is 0 Å². The first-order valence-corrected chi connectivity index (χ1v) is 46.7. The standard InChI is InChI=1S/2C36H54N2O2.C15H22O2.2C6H14N2.C4H10O2.C2H6O2.2CO2.Co/c2*1-33(2,3)25-17-23(31(39)27(19-25)35(7,8)9)21-37-29-15-13-14-16-30(29)38-22-24-18-26(34(4,5)6)20-28(32(24)40)36(10,11)12;1-14(2,3)11-7-10(9-16)13(17)12(8-11)15(4,5)6;2*7-5-3-1-2-4-6(5)8;1-3(5)4(2)6;3-1-2-4;2*2-1-3;/h2*17-22,29-30,39-40H,13-16H2,1-12H3;7-9,17H,1-6H3;2*5-6H,1-4,7-8H2;3-6H,1-2H3;3-4H,1-2H2;;;/p+2/t2*29-,30-;;5-,6-;;3-,4-;;;;/m11.1.0..../s1. The zero-order valence-corrected chi connectivity index (χ0v) is 87.0. The summed E-state index contributed by atoms with van der Waals surface area (Å²) < 4.78 is 0. The van der Waals surface area contributed by atoms with Gasteiger partial charge in [-0.05, 0) is 178 Å². The Bertz CT molecular complexity index is 4010. The molecule has 9 rings (SSSR count). The van der Waals surface area contributed by atoms with Crippen molar-refractivity contribution in [1.29, 1.82) is 0 Å². The Morgan fingerprint density at radius 2 is 0.485 bits per heavy atom. The van der Waals surface area contributed by atoms with Crippen molar-refractivity contribution in [3.63, 3.8) is 0 Å². The first-order valence-electron chi connectivity index (χ1n) is 46.7. The monoisotopic (exact) mass is 1860 g/mol. The van der Waals surface area contributed by atoms with Crippen LogP contribution in [-0.4, -0.2) is 163 Å². The van der Waals surface area contributed by atoms with Gasteiger partial charge in [0, 0.05) is 117 Å². The van der Waals surface area contributed by atoms with Crippen molar-refractivity contribution in [3.8, 4) is 28.7 Å². The summed E-state index contributed by atoms with van der Waals surface area (Å²) in [5.41, 5.74) is 32.2. The fourth-order valence-corrected chi connectivity index (χ4v) is 14.8. The molecule has 735 valence electrons. The van der Waals surface area contributed by atoms with Crippen LogP contribution in [0.15, 0.2) is 80.6 Å². The number of aromatic hydroxyl groups is 5. The number of carbonyl (C=O) groups excluding carboxylic acids is 5. The molecule has 0 amide bonds. The molecule has 22 nitrogen and oxygen atoms in total. The van der Waals surface area contributed by atoms with Crippen molar-refractivity contribution in [2.24, 2.45) is 31.4 Å². The van der Waals surface area contributed by atoms with Gasteiger partial charge in [0.15, 0.2) is 6.29 Å². The molecule has 0 spiro atoms. The molecule has 4 fully saturated rings. The van der Waals surface area contributed by atoms with Gasteiger partial charge in [0.25, 0.3) is 0 Å². The van der Waals surface area contributed by atoms with E-state index < -0.39 is 12.2 Å². The third kappa shape index (κ3) is 41.5. The van der Waals surface area contributed by atoms with E-state index in [2.05, 4.69) is 247 Å². The van der Waals surface area contributed by atoms with Crippen LogP contribution < -0.4 is 22.9 Å². The molecule has 0 saturated heterocycles. The molecule has 4 saturated carbocycles. The van der Waals surface area contributed by atoms with E-state index in [1.165, 1.54) is 60.8 Å². The Labute approximate surface area is 793 Å².